The number of allylic oxidation sites excluding steroid dienone is 1. The van der Waals surface area contributed by atoms with Crippen LogP contribution in [0.1, 0.15) is 17.5 Å². The van der Waals surface area contributed by atoms with Crippen LogP contribution in [0.4, 0.5) is 11.4 Å². The van der Waals surface area contributed by atoms with E-state index < -0.39 is 7.12 Å². The smallest absolute Gasteiger partial charge is 0.423 e. The Morgan fingerprint density at radius 3 is 3.00 bits per heavy atom. The summed E-state index contributed by atoms with van der Waals surface area (Å²) in [6, 6.07) is 16.6. The van der Waals surface area contributed by atoms with Gasteiger partial charge in [0.25, 0.3) is 0 Å². The third kappa shape index (κ3) is 3.19. The molecule has 2 aromatic carbocycles. The molecule has 2 aliphatic heterocycles. The third-order valence-corrected chi connectivity index (χ3v) is 5.49. The SMILES string of the molecule is N#CCCSC1=CN(c2ccc3c(c2)B(O)OC3)c2ccccc2C1. The summed E-state index contributed by atoms with van der Waals surface area (Å²) in [5, 5.41) is 18.8. The fraction of sp³-hybridized carbons (Fsp3) is 0.211. The zero-order chi connectivity index (χ0) is 17.2. The highest BCUT2D eigenvalue weighted by Gasteiger charge is 2.28. The number of nitrogens with zero attached hydrogens (tertiary/aromatic N) is 2. The highest BCUT2D eigenvalue weighted by atomic mass is 32.2. The van der Waals surface area contributed by atoms with E-state index in [1.54, 1.807) is 11.8 Å². The lowest BCUT2D eigenvalue weighted by Gasteiger charge is -2.29. The molecule has 1 N–H and O–H groups in total. The Morgan fingerprint density at radius 1 is 1.24 bits per heavy atom. The maximum atomic E-state index is 10.0. The summed E-state index contributed by atoms with van der Waals surface area (Å²) < 4.78 is 5.31. The maximum Gasteiger partial charge on any atom is 0.491 e. The average molecular weight is 348 g/mol. The lowest BCUT2D eigenvalue weighted by molar-refractivity contribution is 0.275. The number of anilines is 2. The van der Waals surface area contributed by atoms with Gasteiger partial charge in [-0.15, -0.1) is 11.8 Å². The molecule has 0 fully saturated rings. The van der Waals surface area contributed by atoms with Crippen molar-refractivity contribution in [1.29, 1.82) is 5.26 Å². The van der Waals surface area contributed by atoms with Crippen molar-refractivity contribution in [2.24, 2.45) is 0 Å². The van der Waals surface area contributed by atoms with Crippen LogP contribution >= 0.6 is 11.8 Å². The Labute approximate surface area is 151 Å². The van der Waals surface area contributed by atoms with Gasteiger partial charge in [-0.05, 0) is 34.8 Å². The zero-order valence-corrected chi connectivity index (χ0v) is 14.5. The molecule has 0 radical (unpaired) electrons. The van der Waals surface area contributed by atoms with Gasteiger partial charge in [0.15, 0.2) is 0 Å². The number of benzene rings is 2. The molecule has 0 saturated carbocycles. The van der Waals surface area contributed by atoms with E-state index >= 15 is 0 Å². The molecule has 2 heterocycles. The molecule has 0 amide bonds. The fourth-order valence-electron chi connectivity index (χ4n) is 3.22. The van der Waals surface area contributed by atoms with Crippen LogP contribution in [0.3, 0.4) is 0 Å². The second-order valence-corrected chi connectivity index (χ2v) is 7.30. The van der Waals surface area contributed by atoms with Crippen LogP contribution in [-0.2, 0) is 17.7 Å². The molecule has 4 nitrogen and oxygen atoms in total. The molecular formula is C19H17BN2O2S. The van der Waals surface area contributed by atoms with Gasteiger partial charge < -0.3 is 14.6 Å². The van der Waals surface area contributed by atoms with Crippen LogP contribution < -0.4 is 10.4 Å². The van der Waals surface area contributed by atoms with E-state index in [-0.39, 0.29) is 0 Å². The quantitative estimate of drug-likeness (QED) is 0.680. The summed E-state index contributed by atoms with van der Waals surface area (Å²) in [6.45, 7) is 0.457. The molecule has 6 heteroatoms. The first-order valence-electron chi connectivity index (χ1n) is 8.26. The summed E-state index contributed by atoms with van der Waals surface area (Å²) in [5.74, 6) is 0.801. The van der Waals surface area contributed by atoms with E-state index in [1.807, 2.05) is 18.2 Å². The number of thioether (sulfide) groups is 1. The number of rotatable bonds is 4. The molecule has 4 rings (SSSR count). The molecule has 2 aliphatic rings. The molecule has 25 heavy (non-hydrogen) atoms. The van der Waals surface area contributed by atoms with Crippen LogP contribution in [0, 0.1) is 11.3 Å². The standard InChI is InChI=1S/C19H17BN2O2S/c21-8-3-9-25-17-10-14-4-1-2-5-19(14)22(12-17)16-7-6-15-13-24-20(23)18(15)11-16/h1-2,4-7,11-12,23H,3,9-10,13H2. The Bertz CT molecular complexity index is 878. The van der Waals surface area contributed by atoms with E-state index in [4.69, 9.17) is 9.92 Å². The Morgan fingerprint density at radius 2 is 2.12 bits per heavy atom. The van der Waals surface area contributed by atoms with E-state index in [9.17, 15) is 5.02 Å². The van der Waals surface area contributed by atoms with Gasteiger partial charge in [-0.25, -0.2) is 0 Å². The average Bonchev–Trinajstić information content (AvgIpc) is 3.02. The van der Waals surface area contributed by atoms with Gasteiger partial charge in [0.1, 0.15) is 0 Å². The number of hydrogen-bond acceptors (Lipinski definition) is 5. The number of fused-ring (bicyclic) bond motifs is 2. The van der Waals surface area contributed by atoms with Crippen molar-refractivity contribution in [2.45, 2.75) is 19.4 Å². The molecule has 0 bridgehead atoms. The summed E-state index contributed by atoms with van der Waals surface area (Å²) >= 11 is 1.73. The van der Waals surface area contributed by atoms with Gasteiger partial charge in [0, 0.05) is 41.1 Å². The molecule has 124 valence electrons. The predicted molar refractivity (Wildman–Crippen MR) is 102 cm³/mol. The van der Waals surface area contributed by atoms with Crippen molar-refractivity contribution in [3.63, 3.8) is 0 Å². The zero-order valence-electron chi connectivity index (χ0n) is 13.7. The van der Waals surface area contributed by atoms with Crippen molar-refractivity contribution in [3.05, 3.63) is 64.7 Å². The van der Waals surface area contributed by atoms with Crippen LogP contribution in [-0.4, -0.2) is 17.9 Å². The highest BCUT2D eigenvalue weighted by molar-refractivity contribution is 8.03. The minimum Gasteiger partial charge on any atom is -0.423 e. The van der Waals surface area contributed by atoms with Crippen molar-refractivity contribution in [2.75, 3.05) is 10.7 Å². The third-order valence-electron chi connectivity index (χ3n) is 4.46. The van der Waals surface area contributed by atoms with Gasteiger partial charge >= 0.3 is 7.12 Å². The molecule has 2 aromatic rings. The molecule has 0 unspecified atom stereocenters. The number of hydrogen-bond donors (Lipinski definition) is 1. The first-order valence-corrected chi connectivity index (χ1v) is 9.25. The Balaban J connectivity index is 1.71. The first kappa shape index (κ1) is 16.3. The van der Waals surface area contributed by atoms with Gasteiger partial charge in [0.05, 0.1) is 12.7 Å². The lowest BCUT2D eigenvalue weighted by atomic mass is 9.79. The van der Waals surface area contributed by atoms with E-state index in [1.165, 1.54) is 10.5 Å². The topological polar surface area (TPSA) is 56.5 Å². The Kier molecular flexibility index (Phi) is 4.54. The van der Waals surface area contributed by atoms with Gasteiger partial charge in [-0.3, -0.25) is 0 Å². The van der Waals surface area contributed by atoms with Crippen LogP contribution in [0.5, 0.6) is 0 Å². The number of para-hydroxylation sites is 1. The van der Waals surface area contributed by atoms with Gasteiger partial charge in [-0.2, -0.15) is 5.26 Å². The van der Waals surface area contributed by atoms with Crippen molar-refractivity contribution < 1.29 is 9.68 Å². The van der Waals surface area contributed by atoms with Crippen LogP contribution in [0.25, 0.3) is 0 Å². The summed E-state index contributed by atoms with van der Waals surface area (Å²) in [6.07, 6.45) is 3.58. The highest BCUT2D eigenvalue weighted by Crippen LogP contribution is 2.38. The van der Waals surface area contributed by atoms with Crippen molar-refractivity contribution >= 4 is 35.7 Å². The minimum absolute atomic E-state index is 0.457. The molecular weight excluding hydrogens is 331 g/mol. The monoisotopic (exact) mass is 348 g/mol. The fourth-order valence-corrected chi connectivity index (χ4v) is 4.12. The van der Waals surface area contributed by atoms with Crippen LogP contribution in [0.2, 0.25) is 0 Å². The molecule has 0 aliphatic carbocycles. The van der Waals surface area contributed by atoms with Crippen LogP contribution in [0.15, 0.2) is 53.6 Å². The molecule has 0 atom stereocenters. The van der Waals surface area contributed by atoms with Crippen molar-refractivity contribution in [1.82, 2.24) is 0 Å². The van der Waals surface area contributed by atoms with E-state index in [0.29, 0.717) is 13.0 Å². The Hall–Kier alpha value is -2.20. The van der Waals surface area contributed by atoms with Gasteiger partial charge in [0.2, 0.25) is 0 Å². The second kappa shape index (κ2) is 6.97. The molecule has 0 aromatic heterocycles. The van der Waals surface area contributed by atoms with E-state index in [0.717, 1.165) is 34.6 Å². The summed E-state index contributed by atoms with van der Waals surface area (Å²) in [4.78, 5) is 3.41. The molecule has 0 spiro atoms. The van der Waals surface area contributed by atoms with E-state index in [2.05, 4.69) is 41.4 Å². The normalized spacial score (nSPS) is 15.4. The lowest BCUT2D eigenvalue weighted by Crippen LogP contribution is -2.29. The molecule has 0 saturated heterocycles. The second-order valence-electron chi connectivity index (χ2n) is 6.07. The largest absolute Gasteiger partial charge is 0.491 e. The predicted octanol–water partition coefficient (Wildman–Crippen LogP) is 3.09. The first-order chi connectivity index (χ1) is 12.3. The maximum absolute atomic E-state index is 10.0. The summed E-state index contributed by atoms with van der Waals surface area (Å²) in [5.41, 5.74) is 5.30. The van der Waals surface area contributed by atoms with Gasteiger partial charge in [-0.1, -0.05) is 24.3 Å². The number of nitriles is 1. The van der Waals surface area contributed by atoms with Crippen molar-refractivity contribution in [3.8, 4) is 6.07 Å². The minimum atomic E-state index is -0.844. The summed E-state index contributed by atoms with van der Waals surface area (Å²) in [7, 11) is -0.844.